The van der Waals surface area contributed by atoms with E-state index in [1.807, 2.05) is 24.3 Å². The molecule has 0 saturated carbocycles. The van der Waals surface area contributed by atoms with E-state index in [4.69, 9.17) is 26.3 Å². The van der Waals surface area contributed by atoms with Crippen LogP contribution in [0.15, 0.2) is 36.4 Å². The number of quaternary nitrogens is 1. The Kier molecular flexibility index (Phi) is 6.40. The van der Waals surface area contributed by atoms with E-state index in [-0.39, 0.29) is 11.9 Å². The lowest BCUT2D eigenvalue weighted by atomic mass is 10.0. The van der Waals surface area contributed by atoms with Crippen LogP contribution in [0.25, 0.3) is 0 Å². The highest BCUT2D eigenvalue weighted by Crippen LogP contribution is 2.31. The molecule has 2 N–H and O–H groups in total. The molecule has 3 rings (SSSR count). The van der Waals surface area contributed by atoms with Gasteiger partial charge in [0.25, 0.3) is 5.91 Å². The highest BCUT2D eigenvalue weighted by atomic mass is 35.5. The Hall–Kier alpha value is -2.75. The minimum Gasteiger partial charge on any atom is -0.497 e. The van der Waals surface area contributed by atoms with E-state index in [2.05, 4.69) is 5.32 Å². The number of nitrogens with one attached hydrogen (secondary N) is 2. The Morgan fingerprint density at radius 1 is 1.29 bits per heavy atom. The maximum atomic E-state index is 12.6. The fourth-order valence-corrected chi connectivity index (χ4v) is 3.92. The van der Waals surface area contributed by atoms with Gasteiger partial charge < -0.3 is 19.7 Å². The summed E-state index contributed by atoms with van der Waals surface area (Å²) in [5.41, 5.74) is 2.06. The Bertz CT molecular complexity index is 910. The highest BCUT2D eigenvalue weighted by molar-refractivity contribution is 6.32. The van der Waals surface area contributed by atoms with Crippen LogP contribution in [0.3, 0.4) is 0 Å². The SMILES string of the molecule is COc1ccc([C@@H]2CCC[NH+]2CC(=O)Nc2ccc(C#N)c(Cl)c2)c(OC)c1. The molecule has 0 spiro atoms. The average molecular weight is 401 g/mol. The number of amides is 1. The van der Waals surface area contributed by atoms with Crippen LogP contribution < -0.4 is 19.7 Å². The van der Waals surface area contributed by atoms with E-state index >= 15 is 0 Å². The van der Waals surface area contributed by atoms with Crippen molar-refractivity contribution in [1.82, 2.24) is 0 Å². The summed E-state index contributed by atoms with van der Waals surface area (Å²) in [7, 11) is 3.27. The van der Waals surface area contributed by atoms with Crippen molar-refractivity contribution in [3.63, 3.8) is 0 Å². The molecule has 2 aromatic carbocycles. The third kappa shape index (κ3) is 4.38. The molecule has 6 nitrogen and oxygen atoms in total. The zero-order chi connectivity index (χ0) is 20.1. The van der Waals surface area contributed by atoms with Crippen molar-refractivity contribution in [3.05, 3.63) is 52.5 Å². The minimum atomic E-state index is -0.0878. The first-order valence-corrected chi connectivity index (χ1v) is 9.49. The fraction of sp³-hybridized carbons (Fsp3) is 0.333. The first kappa shape index (κ1) is 20.0. The maximum absolute atomic E-state index is 12.6. The zero-order valence-corrected chi connectivity index (χ0v) is 16.7. The van der Waals surface area contributed by atoms with E-state index in [1.54, 1.807) is 32.4 Å². The number of likely N-dealkylation sites (tertiary alicyclic amines) is 1. The zero-order valence-electron chi connectivity index (χ0n) is 15.9. The van der Waals surface area contributed by atoms with Crippen LogP contribution in [-0.4, -0.2) is 33.2 Å². The van der Waals surface area contributed by atoms with Crippen molar-refractivity contribution in [2.75, 3.05) is 32.6 Å². The summed E-state index contributed by atoms with van der Waals surface area (Å²) in [6.07, 6.45) is 2.04. The van der Waals surface area contributed by atoms with Gasteiger partial charge in [0.2, 0.25) is 0 Å². The second-order valence-corrected chi connectivity index (χ2v) is 7.15. The Morgan fingerprint density at radius 3 is 2.79 bits per heavy atom. The van der Waals surface area contributed by atoms with Crippen LogP contribution in [0.5, 0.6) is 11.5 Å². The van der Waals surface area contributed by atoms with Gasteiger partial charge in [-0.05, 0) is 30.3 Å². The lowest BCUT2D eigenvalue weighted by Crippen LogP contribution is -3.11. The second-order valence-electron chi connectivity index (χ2n) is 6.74. The molecule has 28 heavy (non-hydrogen) atoms. The molecular formula is C21H23ClN3O3+. The van der Waals surface area contributed by atoms with Gasteiger partial charge in [-0.15, -0.1) is 0 Å². The Morgan fingerprint density at radius 2 is 2.11 bits per heavy atom. The van der Waals surface area contributed by atoms with E-state index in [1.165, 1.54) is 4.90 Å². The number of halogens is 1. The summed E-state index contributed by atoms with van der Waals surface area (Å²) in [6.45, 7) is 1.26. The van der Waals surface area contributed by atoms with Gasteiger partial charge in [-0.3, -0.25) is 4.79 Å². The molecule has 1 aliphatic heterocycles. The molecule has 1 aliphatic rings. The lowest BCUT2D eigenvalue weighted by molar-refractivity contribution is -0.910. The first-order chi connectivity index (χ1) is 13.5. The van der Waals surface area contributed by atoms with Gasteiger partial charge in [0.1, 0.15) is 23.6 Å². The molecular weight excluding hydrogens is 378 g/mol. The Labute approximate surface area is 169 Å². The number of carbonyl (C=O) groups excluding carboxylic acids is 1. The lowest BCUT2D eigenvalue weighted by Gasteiger charge is -2.23. The van der Waals surface area contributed by atoms with Gasteiger partial charge in [0.05, 0.1) is 36.9 Å². The number of carbonyl (C=O) groups is 1. The molecule has 7 heteroatoms. The monoisotopic (exact) mass is 400 g/mol. The largest absolute Gasteiger partial charge is 0.497 e. The van der Waals surface area contributed by atoms with E-state index in [9.17, 15) is 4.79 Å². The molecule has 2 atom stereocenters. The summed E-state index contributed by atoms with van der Waals surface area (Å²) in [4.78, 5) is 13.8. The highest BCUT2D eigenvalue weighted by Gasteiger charge is 2.33. The molecule has 0 bridgehead atoms. The maximum Gasteiger partial charge on any atom is 0.279 e. The average Bonchev–Trinajstić information content (AvgIpc) is 3.15. The second kappa shape index (κ2) is 8.96. The summed E-state index contributed by atoms with van der Waals surface area (Å²) in [6, 6.07) is 12.9. The van der Waals surface area contributed by atoms with Crippen molar-refractivity contribution in [2.24, 2.45) is 0 Å². The molecule has 1 fully saturated rings. The van der Waals surface area contributed by atoms with Gasteiger partial charge in [-0.25, -0.2) is 0 Å². The predicted molar refractivity (Wildman–Crippen MR) is 107 cm³/mol. The van der Waals surface area contributed by atoms with Crippen LogP contribution in [0.1, 0.15) is 30.0 Å². The number of benzene rings is 2. The van der Waals surface area contributed by atoms with E-state index in [0.29, 0.717) is 22.8 Å². The summed E-state index contributed by atoms with van der Waals surface area (Å²) < 4.78 is 10.8. The minimum absolute atomic E-state index is 0.0878. The van der Waals surface area contributed by atoms with Gasteiger partial charge in [0.15, 0.2) is 6.54 Å². The van der Waals surface area contributed by atoms with Gasteiger partial charge >= 0.3 is 0 Å². The number of nitrogens with zero attached hydrogens (tertiary/aromatic N) is 1. The third-order valence-corrected chi connectivity index (χ3v) is 5.37. The van der Waals surface area contributed by atoms with Crippen LogP contribution in [0, 0.1) is 11.3 Å². The van der Waals surface area contributed by atoms with Crippen LogP contribution in [0.4, 0.5) is 5.69 Å². The summed E-state index contributed by atoms with van der Waals surface area (Å²) >= 11 is 6.04. The van der Waals surface area contributed by atoms with E-state index in [0.717, 1.165) is 36.4 Å². The van der Waals surface area contributed by atoms with E-state index < -0.39 is 0 Å². The summed E-state index contributed by atoms with van der Waals surface area (Å²) in [5, 5.41) is 12.2. The number of nitriles is 1. The van der Waals surface area contributed by atoms with Crippen LogP contribution in [0.2, 0.25) is 5.02 Å². The molecule has 0 aromatic heterocycles. The molecule has 1 heterocycles. The fourth-order valence-electron chi connectivity index (χ4n) is 3.70. The molecule has 1 unspecified atom stereocenters. The topological polar surface area (TPSA) is 75.8 Å². The van der Waals surface area contributed by atoms with Crippen LogP contribution in [-0.2, 0) is 4.79 Å². The molecule has 1 saturated heterocycles. The molecule has 0 radical (unpaired) electrons. The molecule has 0 aliphatic carbocycles. The predicted octanol–water partition coefficient (Wildman–Crippen LogP) is 2.59. The number of methoxy groups -OCH3 is 2. The molecule has 146 valence electrons. The number of hydrogen-bond acceptors (Lipinski definition) is 4. The quantitative estimate of drug-likeness (QED) is 0.781. The van der Waals surface area contributed by atoms with Gasteiger partial charge in [-0.1, -0.05) is 11.6 Å². The van der Waals surface area contributed by atoms with Crippen molar-refractivity contribution >= 4 is 23.2 Å². The molecule has 1 amide bonds. The van der Waals surface area contributed by atoms with Crippen molar-refractivity contribution in [1.29, 1.82) is 5.26 Å². The molecule has 2 aromatic rings. The third-order valence-electron chi connectivity index (χ3n) is 5.06. The number of rotatable bonds is 6. The van der Waals surface area contributed by atoms with Crippen molar-refractivity contribution in [2.45, 2.75) is 18.9 Å². The number of ether oxygens (including phenoxy) is 2. The summed E-state index contributed by atoms with van der Waals surface area (Å²) in [5.74, 6) is 1.44. The standard InChI is InChI=1S/C21H22ClN3O3/c1-27-16-7-8-17(20(11-16)28-2)19-4-3-9-25(19)13-21(26)24-15-6-5-14(12-23)18(22)10-15/h5-8,10-11,19H,3-4,9,13H2,1-2H3,(H,24,26)/p+1/t19-/m0/s1. The van der Waals surface area contributed by atoms with Gasteiger partial charge in [0, 0.05) is 24.6 Å². The normalized spacial score (nSPS) is 18.4. The van der Waals surface area contributed by atoms with Crippen LogP contribution >= 0.6 is 11.6 Å². The van der Waals surface area contributed by atoms with Crippen molar-refractivity contribution < 1.29 is 19.2 Å². The smallest absolute Gasteiger partial charge is 0.279 e. The first-order valence-electron chi connectivity index (χ1n) is 9.11. The van der Waals surface area contributed by atoms with Gasteiger partial charge in [-0.2, -0.15) is 5.26 Å². The number of hydrogen-bond donors (Lipinski definition) is 2. The Balaban J connectivity index is 1.71. The number of anilines is 1. The van der Waals surface area contributed by atoms with Crippen molar-refractivity contribution in [3.8, 4) is 17.6 Å².